The number of carbonyl (C=O) groups is 2. The van der Waals surface area contributed by atoms with Gasteiger partial charge in [0, 0.05) is 5.56 Å². The van der Waals surface area contributed by atoms with E-state index in [0.717, 1.165) is 50.5 Å². The standard InChI is InChI=1S/C27H34O4/c1-4-7-8-11-16-31-26(30)21-13-10-9-12-20(21)25(29)22-15-14-19(17-24(22)28)23-18-27(23,5-2)6-3/h9-10,12-15,17,23,28H,4-8,11,16,18H2,1-3H3. The minimum absolute atomic E-state index is 0.0294. The second-order valence-corrected chi connectivity index (χ2v) is 8.67. The van der Waals surface area contributed by atoms with Crippen LogP contribution in [0.5, 0.6) is 5.75 Å². The van der Waals surface area contributed by atoms with E-state index in [9.17, 15) is 14.7 Å². The zero-order chi connectivity index (χ0) is 22.4. The predicted octanol–water partition coefficient (Wildman–Crippen LogP) is 6.65. The average molecular weight is 423 g/mol. The summed E-state index contributed by atoms with van der Waals surface area (Å²) in [4.78, 5) is 25.7. The van der Waals surface area contributed by atoms with E-state index in [1.54, 1.807) is 36.4 Å². The fourth-order valence-electron chi connectivity index (χ4n) is 4.58. The first kappa shape index (κ1) is 23.1. The molecule has 3 rings (SSSR count). The summed E-state index contributed by atoms with van der Waals surface area (Å²) in [5, 5.41) is 10.6. The number of phenols is 1. The zero-order valence-corrected chi connectivity index (χ0v) is 18.9. The highest BCUT2D eigenvalue weighted by molar-refractivity contribution is 6.15. The molecule has 0 radical (unpaired) electrons. The number of hydrogen-bond donors (Lipinski definition) is 1. The second kappa shape index (κ2) is 10.1. The van der Waals surface area contributed by atoms with Crippen LogP contribution in [0, 0.1) is 5.41 Å². The number of ether oxygens (including phenoxy) is 1. The Hall–Kier alpha value is -2.62. The summed E-state index contributed by atoms with van der Waals surface area (Å²) in [7, 11) is 0. The second-order valence-electron chi connectivity index (χ2n) is 8.67. The van der Waals surface area contributed by atoms with E-state index >= 15 is 0 Å². The molecule has 1 aliphatic carbocycles. The molecule has 0 amide bonds. The third kappa shape index (κ3) is 5.00. The van der Waals surface area contributed by atoms with Crippen molar-refractivity contribution in [1.29, 1.82) is 0 Å². The maximum Gasteiger partial charge on any atom is 0.338 e. The lowest BCUT2D eigenvalue weighted by molar-refractivity contribution is 0.0495. The third-order valence-corrected chi connectivity index (χ3v) is 6.89. The van der Waals surface area contributed by atoms with E-state index in [-0.39, 0.29) is 28.2 Å². The fraction of sp³-hybridized carbons (Fsp3) is 0.481. The first-order valence-corrected chi connectivity index (χ1v) is 11.6. The Morgan fingerprint density at radius 1 is 0.968 bits per heavy atom. The molecule has 2 aromatic carbocycles. The Morgan fingerprint density at radius 3 is 2.29 bits per heavy atom. The summed E-state index contributed by atoms with van der Waals surface area (Å²) >= 11 is 0. The minimum Gasteiger partial charge on any atom is -0.507 e. The van der Waals surface area contributed by atoms with Crippen LogP contribution in [-0.2, 0) is 4.74 Å². The van der Waals surface area contributed by atoms with Crippen LogP contribution in [-0.4, -0.2) is 23.5 Å². The van der Waals surface area contributed by atoms with Gasteiger partial charge in [-0.05, 0) is 60.8 Å². The molecule has 0 aliphatic heterocycles. The van der Waals surface area contributed by atoms with Gasteiger partial charge >= 0.3 is 5.97 Å². The Labute approximate surface area is 185 Å². The lowest BCUT2D eigenvalue weighted by atomic mass is 9.92. The number of esters is 1. The number of phenolic OH excluding ortho intramolecular Hbond substituents is 1. The van der Waals surface area contributed by atoms with Crippen molar-refractivity contribution in [2.75, 3.05) is 6.61 Å². The quantitative estimate of drug-likeness (QED) is 0.250. The van der Waals surface area contributed by atoms with Crippen molar-refractivity contribution in [3.8, 4) is 5.75 Å². The monoisotopic (exact) mass is 422 g/mol. The van der Waals surface area contributed by atoms with Gasteiger partial charge in [0.25, 0.3) is 0 Å². The molecular formula is C27H34O4. The smallest absolute Gasteiger partial charge is 0.338 e. The molecule has 166 valence electrons. The van der Waals surface area contributed by atoms with Crippen LogP contribution in [0.25, 0.3) is 0 Å². The molecule has 1 aliphatic rings. The topological polar surface area (TPSA) is 63.6 Å². The predicted molar refractivity (Wildman–Crippen MR) is 123 cm³/mol. The molecule has 2 aromatic rings. The van der Waals surface area contributed by atoms with Crippen LogP contribution >= 0.6 is 0 Å². The van der Waals surface area contributed by atoms with Crippen molar-refractivity contribution in [3.63, 3.8) is 0 Å². The van der Waals surface area contributed by atoms with Gasteiger partial charge in [-0.25, -0.2) is 4.79 Å². The van der Waals surface area contributed by atoms with Crippen molar-refractivity contribution in [3.05, 3.63) is 64.7 Å². The number of rotatable bonds is 11. The van der Waals surface area contributed by atoms with Crippen molar-refractivity contribution < 1.29 is 19.4 Å². The van der Waals surface area contributed by atoms with Crippen LogP contribution in [0.15, 0.2) is 42.5 Å². The van der Waals surface area contributed by atoms with Crippen molar-refractivity contribution in [2.45, 2.75) is 71.6 Å². The highest BCUT2D eigenvalue weighted by Crippen LogP contribution is 2.63. The Kier molecular flexibility index (Phi) is 7.53. The molecule has 1 saturated carbocycles. The van der Waals surface area contributed by atoms with Gasteiger partial charge in [0.1, 0.15) is 5.75 Å². The number of carbonyl (C=O) groups excluding carboxylic acids is 2. The molecule has 4 nitrogen and oxygen atoms in total. The van der Waals surface area contributed by atoms with E-state index in [1.165, 1.54) is 0 Å². The Balaban J connectivity index is 1.75. The molecule has 0 saturated heterocycles. The van der Waals surface area contributed by atoms with Gasteiger partial charge in [0.2, 0.25) is 0 Å². The first-order chi connectivity index (χ1) is 15.0. The third-order valence-electron chi connectivity index (χ3n) is 6.89. The van der Waals surface area contributed by atoms with Crippen molar-refractivity contribution >= 4 is 11.8 Å². The normalized spacial score (nSPS) is 16.7. The highest BCUT2D eigenvalue weighted by Gasteiger charge is 2.51. The molecule has 1 N–H and O–H groups in total. The molecular weight excluding hydrogens is 388 g/mol. The molecule has 0 bridgehead atoms. The Morgan fingerprint density at radius 2 is 1.68 bits per heavy atom. The molecule has 31 heavy (non-hydrogen) atoms. The van der Waals surface area contributed by atoms with E-state index in [2.05, 4.69) is 20.8 Å². The molecule has 1 atom stereocenters. The van der Waals surface area contributed by atoms with Crippen LogP contribution in [0.2, 0.25) is 0 Å². The van der Waals surface area contributed by atoms with E-state index in [4.69, 9.17) is 4.74 Å². The number of hydrogen-bond acceptors (Lipinski definition) is 4. The van der Waals surface area contributed by atoms with Gasteiger partial charge in [-0.15, -0.1) is 0 Å². The maximum atomic E-state index is 13.2. The molecule has 4 heteroatoms. The highest BCUT2D eigenvalue weighted by atomic mass is 16.5. The fourth-order valence-corrected chi connectivity index (χ4v) is 4.58. The van der Waals surface area contributed by atoms with Crippen LogP contribution < -0.4 is 0 Å². The lowest BCUT2D eigenvalue weighted by Crippen LogP contribution is -2.13. The average Bonchev–Trinajstić information content (AvgIpc) is 3.53. The van der Waals surface area contributed by atoms with Crippen LogP contribution in [0.1, 0.15) is 103 Å². The number of ketones is 1. The Bertz CT molecular complexity index is 927. The summed E-state index contributed by atoms with van der Waals surface area (Å²) < 4.78 is 5.38. The summed E-state index contributed by atoms with van der Waals surface area (Å²) in [6.45, 7) is 6.89. The van der Waals surface area contributed by atoms with Gasteiger partial charge in [-0.3, -0.25) is 4.79 Å². The largest absolute Gasteiger partial charge is 0.507 e. The van der Waals surface area contributed by atoms with Gasteiger partial charge < -0.3 is 9.84 Å². The molecule has 0 aromatic heterocycles. The van der Waals surface area contributed by atoms with Crippen LogP contribution in [0.4, 0.5) is 0 Å². The van der Waals surface area contributed by atoms with E-state index < -0.39 is 5.97 Å². The van der Waals surface area contributed by atoms with Gasteiger partial charge in [-0.2, -0.15) is 0 Å². The first-order valence-electron chi connectivity index (χ1n) is 11.6. The molecule has 0 spiro atoms. The minimum atomic E-state index is -0.495. The van der Waals surface area contributed by atoms with Gasteiger partial charge in [0.05, 0.1) is 17.7 Å². The number of benzene rings is 2. The van der Waals surface area contributed by atoms with E-state index in [1.807, 2.05) is 6.07 Å². The van der Waals surface area contributed by atoms with Gasteiger partial charge in [0.15, 0.2) is 5.78 Å². The maximum absolute atomic E-state index is 13.2. The summed E-state index contributed by atoms with van der Waals surface area (Å²) in [6, 6.07) is 12.0. The molecule has 1 fully saturated rings. The number of aromatic hydroxyl groups is 1. The van der Waals surface area contributed by atoms with Crippen LogP contribution in [0.3, 0.4) is 0 Å². The molecule has 1 unspecified atom stereocenters. The SMILES string of the molecule is CCCCCCOC(=O)c1ccccc1C(=O)c1ccc(C2CC2(CC)CC)cc1O. The van der Waals surface area contributed by atoms with Gasteiger partial charge in [-0.1, -0.05) is 64.3 Å². The summed E-state index contributed by atoms with van der Waals surface area (Å²) in [5.41, 5.74) is 2.12. The van der Waals surface area contributed by atoms with Crippen molar-refractivity contribution in [1.82, 2.24) is 0 Å². The number of unbranched alkanes of at least 4 members (excludes halogenated alkanes) is 3. The van der Waals surface area contributed by atoms with E-state index in [0.29, 0.717) is 17.9 Å². The summed E-state index contributed by atoms with van der Waals surface area (Å²) in [5.74, 6) is -0.452. The summed E-state index contributed by atoms with van der Waals surface area (Å²) in [6.07, 6.45) is 7.42. The lowest BCUT2D eigenvalue weighted by Gasteiger charge is -2.13. The molecule has 0 heterocycles. The van der Waals surface area contributed by atoms with Crippen molar-refractivity contribution in [2.24, 2.45) is 5.41 Å². The zero-order valence-electron chi connectivity index (χ0n) is 18.9.